The molecule has 1 aromatic carbocycles. The summed E-state index contributed by atoms with van der Waals surface area (Å²) < 4.78 is 34.3. The molecule has 11 unspecified atom stereocenters. The minimum absolute atomic E-state index is 0.0689. The Morgan fingerprint density at radius 2 is 1.66 bits per heavy atom. The van der Waals surface area contributed by atoms with Crippen molar-refractivity contribution in [2.45, 2.75) is 111 Å². The molecule has 0 saturated heterocycles. The average molecular weight is 692 g/mol. The van der Waals surface area contributed by atoms with Gasteiger partial charge in [0, 0.05) is 33.9 Å². The largest absolute Gasteiger partial charge is 0.450 e. The van der Waals surface area contributed by atoms with Crippen LogP contribution in [0, 0.1) is 68.3 Å². The number of Topliss-reactive ketones (excluding diaryl/α,β-unsaturated/α-hetero) is 1. The van der Waals surface area contributed by atoms with Crippen LogP contribution in [-0.4, -0.2) is 58.4 Å². The fourth-order valence-electron chi connectivity index (χ4n) is 13.6. The molecule has 4 bridgehead atoms. The number of fused-ring (bicyclic) bond motifs is 3. The number of allylic oxidation sites excluding steroid dienone is 4. The van der Waals surface area contributed by atoms with Crippen LogP contribution in [0.4, 0.5) is 13.6 Å². The molecule has 9 aliphatic rings. The van der Waals surface area contributed by atoms with Gasteiger partial charge in [-0.05, 0) is 130 Å². The second-order valence-corrected chi connectivity index (χ2v) is 18.5. The monoisotopic (exact) mass is 691 g/mol. The number of nitrogens with zero attached hydrogens (tertiary/aromatic N) is 1. The molecule has 272 valence electrons. The van der Waals surface area contributed by atoms with E-state index >= 15 is 0 Å². The summed E-state index contributed by atoms with van der Waals surface area (Å²) in [5.41, 5.74) is -2.36. The zero-order valence-corrected chi connectivity index (χ0v) is 30.4. The number of amides is 1. The van der Waals surface area contributed by atoms with E-state index in [2.05, 4.69) is 45.9 Å². The quantitative estimate of drug-likeness (QED) is 0.222. The first kappa shape index (κ1) is 34.5. The van der Waals surface area contributed by atoms with Crippen LogP contribution in [-0.2, 0) is 4.74 Å². The van der Waals surface area contributed by atoms with Gasteiger partial charge in [0.05, 0.1) is 24.9 Å². The highest BCUT2D eigenvalue weighted by atomic mass is 19.2. The highest BCUT2D eigenvalue weighted by molar-refractivity contribution is 6.10. The molecule has 2 spiro atoms. The number of aliphatic hydroxyl groups is 2. The molecule has 6 nitrogen and oxygen atoms in total. The third-order valence-corrected chi connectivity index (χ3v) is 16.6. The number of benzene rings is 1. The van der Waals surface area contributed by atoms with E-state index in [-0.39, 0.29) is 53.3 Å². The minimum Gasteiger partial charge on any atom is -0.450 e. The Kier molecular flexibility index (Phi) is 7.74. The van der Waals surface area contributed by atoms with E-state index in [0.717, 1.165) is 43.7 Å². The van der Waals surface area contributed by atoms with Gasteiger partial charge in [-0.3, -0.25) is 4.79 Å². The fraction of sp³-hybridized carbons (Fsp3) is 0.714. The van der Waals surface area contributed by atoms with Crippen LogP contribution in [0.2, 0.25) is 0 Å². The second-order valence-electron chi connectivity index (χ2n) is 18.5. The summed E-state index contributed by atoms with van der Waals surface area (Å²) in [5, 5.41) is 23.9. The van der Waals surface area contributed by atoms with Crippen molar-refractivity contribution in [1.82, 2.24) is 4.90 Å². The molecule has 6 saturated carbocycles. The summed E-state index contributed by atoms with van der Waals surface area (Å²) in [6.45, 7) is 12.0. The van der Waals surface area contributed by atoms with Gasteiger partial charge in [0.1, 0.15) is 0 Å². The molecule has 2 N–H and O–H groups in total. The Morgan fingerprint density at radius 3 is 2.36 bits per heavy atom. The maximum atomic E-state index is 14.7. The van der Waals surface area contributed by atoms with Gasteiger partial charge < -0.3 is 19.8 Å². The number of halogens is 2. The first-order chi connectivity index (χ1) is 23.5. The SMILES string of the molecule is CCOC(=O)N(CC1CCC2CC1C2(C)C)CC1(O)CCC2C34C=CC5(C=C3C(=O)c3ccc(F)c(F)c3)CC(O)CCC5(C)C4CCC21C. The van der Waals surface area contributed by atoms with E-state index in [1.807, 2.05) is 6.92 Å². The topological polar surface area (TPSA) is 87.1 Å². The molecule has 0 radical (unpaired) electrons. The van der Waals surface area contributed by atoms with Crippen molar-refractivity contribution in [3.63, 3.8) is 0 Å². The van der Waals surface area contributed by atoms with Gasteiger partial charge in [-0.25, -0.2) is 13.6 Å². The number of rotatable bonds is 7. The van der Waals surface area contributed by atoms with Gasteiger partial charge in [0.2, 0.25) is 0 Å². The van der Waals surface area contributed by atoms with Gasteiger partial charge in [-0.2, -0.15) is 0 Å². The highest BCUT2D eigenvalue weighted by Gasteiger charge is 2.74. The number of ether oxygens (including phenoxy) is 1. The Morgan fingerprint density at radius 1 is 0.940 bits per heavy atom. The molecule has 1 aromatic rings. The van der Waals surface area contributed by atoms with Crippen molar-refractivity contribution in [2.75, 3.05) is 19.7 Å². The van der Waals surface area contributed by atoms with Gasteiger partial charge in [-0.1, -0.05) is 45.9 Å². The number of ketones is 1. The zero-order valence-electron chi connectivity index (χ0n) is 30.4. The van der Waals surface area contributed by atoms with E-state index < -0.39 is 39.6 Å². The summed E-state index contributed by atoms with van der Waals surface area (Å²) in [6.07, 6.45) is 13.8. The van der Waals surface area contributed by atoms with Crippen molar-refractivity contribution < 1.29 is 33.3 Å². The predicted molar refractivity (Wildman–Crippen MR) is 186 cm³/mol. The van der Waals surface area contributed by atoms with E-state index in [0.29, 0.717) is 49.6 Å². The van der Waals surface area contributed by atoms with Crippen LogP contribution in [0.25, 0.3) is 0 Å². The number of aliphatic hydroxyl groups excluding tert-OH is 1. The summed E-state index contributed by atoms with van der Waals surface area (Å²) in [7, 11) is 0. The lowest BCUT2D eigenvalue weighted by atomic mass is 9.32. The predicted octanol–water partition coefficient (Wildman–Crippen LogP) is 8.27. The van der Waals surface area contributed by atoms with Crippen molar-refractivity contribution in [2.24, 2.45) is 56.7 Å². The molecule has 1 amide bonds. The lowest BCUT2D eigenvalue weighted by Gasteiger charge is -2.71. The Bertz CT molecular complexity index is 1670. The number of hydrogen-bond acceptors (Lipinski definition) is 5. The van der Waals surface area contributed by atoms with Crippen LogP contribution in [0.3, 0.4) is 0 Å². The minimum atomic E-state index is -1.21. The standard InChI is InChI=1S/C42H55F2NO5/c1-6-50-36(48)45(23-26-7-9-27-20-29(26)37(27,2)3)24-41(49)16-13-34-39(41,5)15-12-33-38(4)14-11-28(46)21-40(38)17-18-42(33,34)30(22-40)35(47)25-8-10-31(43)32(44)19-25/h8,10,17-19,22,26-29,33-34,46,49H,6-7,9,11-16,20-21,23-24H2,1-5H3. The summed E-state index contributed by atoms with van der Waals surface area (Å²) in [4.78, 5) is 30.1. The molecular formula is C42H55F2NO5. The summed E-state index contributed by atoms with van der Waals surface area (Å²) in [5.74, 6) is -0.762. The molecular weight excluding hydrogens is 636 g/mol. The van der Waals surface area contributed by atoms with Crippen LogP contribution >= 0.6 is 0 Å². The number of hydrogen-bond donors (Lipinski definition) is 2. The van der Waals surface area contributed by atoms with Gasteiger partial charge >= 0.3 is 6.09 Å². The summed E-state index contributed by atoms with van der Waals surface area (Å²) >= 11 is 0. The van der Waals surface area contributed by atoms with Gasteiger partial charge in [0.15, 0.2) is 17.4 Å². The third-order valence-electron chi connectivity index (χ3n) is 16.6. The van der Waals surface area contributed by atoms with Crippen LogP contribution < -0.4 is 0 Å². The van der Waals surface area contributed by atoms with E-state index in [9.17, 15) is 28.6 Å². The van der Waals surface area contributed by atoms with E-state index in [1.165, 1.54) is 18.9 Å². The maximum absolute atomic E-state index is 14.7. The highest BCUT2D eigenvalue weighted by Crippen LogP contribution is 2.78. The molecule has 6 fully saturated rings. The zero-order chi connectivity index (χ0) is 35.6. The van der Waals surface area contributed by atoms with Gasteiger partial charge in [-0.15, -0.1) is 0 Å². The van der Waals surface area contributed by atoms with Crippen LogP contribution in [0.15, 0.2) is 42.0 Å². The molecule has 8 heteroatoms. The Hall–Kier alpha value is -2.58. The first-order valence-electron chi connectivity index (χ1n) is 19.3. The third kappa shape index (κ3) is 4.42. The molecule has 0 aliphatic heterocycles. The molecule has 0 heterocycles. The normalized spacial score (nSPS) is 44.7. The Balaban J connectivity index is 1.18. The average Bonchev–Trinajstić information content (AvgIpc) is 3.35. The van der Waals surface area contributed by atoms with Crippen LogP contribution in [0.1, 0.15) is 109 Å². The molecule has 0 aromatic heterocycles. The van der Waals surface area contributed by atoms with Crippen molar-refractivity contribution in [3.05, 3.63) is 59.2 Å². The first-order valence-corrected chi connectivity index (χ1v) is 19.3. The van der Waals surface area contributed by atoms with Crippen molar-refractivity contribution in [1.29, 1.82) is 0 Å². The van der Waals surface area contributed by atoms with Crippen LogP contribution in [0.5, 0.6) is 0 Å². The molecule has 50 heavy (non-hydrogen) atoms. The number of carbonyl (C=O) groups excluding carboxylic acids is 2. The lowest BCUT2D eigenvalue weighted by Crippen LogP contribution is -2.67. The fourth-order valence-corrected chi connectivity index (χ4v) is 13.6. The Labute approximate surface area is 295 Å². The number of carbonyl (C=O) groups is 2. The van der Waals surface area contributed by atoms with Crippen molar-refractivity contribution in [3.8, 4) is 0 Å². The smallest absolute Gasteiger partial charge is 0.409 e. The molecule has 11 atom stereocenters. The molecule has 9 aliphatic carbocycles. The van der Waals surface area contributed by atoms with Crippen molar-refractivity contribution >= 4 is 11.9 Å². The van der Waals surface area contributed by atoms with E-state index in [1.54, 1.807) is 4.90 Å². The lowest BCUT2D eigenvalue weighted by molar-refractivity contribution is -0.176. The second kappa shape index (κ2) is 11.2. The van der Waals surface area contributed by atoms with E-state index in [4.69, 9.17) is 4.74 Å². The maximum Gasteiger partial charge on any atom is 0.409 e. The van der Waals surface area contributed by atoms with Gasteiger partial charge in [0.25, 0.3) is 0 Å². The summed E-state index contributed by atoms with van der Waals surface area (Å²) in [6, 6.07) is 3.39. The molecule has 10 rings (SSSR count).